The lowest BCUT2D eigenvalue weighted by Crippen LogP contribution is -2.55. The first-order valence-corrected chi connectivity index (χ1v) is 9.46. The van der Waals surface area contributed by atoms with Gasteiger partial charge in [0.15, 0.2) is 6.10 Å². The SMILES string of the molecule is O=C(NCc1cccc(CO)c1)[C@H]1OCC(=O)N(C2CC2)[C@@H]1c1cccnc1. The molecule has 2 fully saturated rings. The molecule has 7 heteroatoms. The van der Waals surface area contributed by atoms with Crippen LogP contribution in [0.5, 0.6) is 0 Å². The Balaban J connectivity index is 1.53. The number of morpholine rings is 1. The Morgan fingerprint density at radius 2 is 2.07 bits per heavy atom. The zero-order valence-corrected chi connectivity index (χ0v) is 15.5. The van der Waals surface area contributed by atoms with Crippen LogP contribution in [0.3, 0.4) is 0 Å². The molecular weight excluding hydrogens is 358 g/mol. The molecule has 1 aliphatic heterocycles. The lowest BCUT2D eigenvalue weighted by Gasteiger charge is -2.40. The number of hydrogen-bond donors (Lipinski definition) is 2. The molecule has 0 radical (unpaired) electrons. The van der Waals surface area contributed by atoms with Crippen LogP contribution in [0.1, 0.15) is 35.6 Å². The Bertz CT molecular complexity index is 854. The summed E-state index contributed by atoms with van der Waals surface area (Å²) in [5.74, 6) is -0.350. The van der Waals surface area contributed by atoms with Gasteiger partial charge in [-0.2, -0.15) is 0 Å². The average molecular weight is 381 g/mol. The topological polar surface area (TPSA) is 91.8 Å². The van der Waals surface area contributed by atoms with Gasteiger partial charge in [-0.25, -0.2) is 0 Å². The molecule has 2 amide bonds. The van der Waals surface area contributed by atoms with Crippen molar-refractivity contribution in [3.63, 3.8) is 0 Å². The van der Waals surface area contributed by atoms with Gasteiger partial charge in [0.2, 0.25) is 5.91 Å². The molecule has 1 saturated carbocycles. The molecule has 2 heterocycles. The summed E-state index contributed by atoms with van der Waals surface area (Å²) in [6.07, 6.45) is 4.46. The first kappa shape index (κ1) is 18.6. The van der Waals surface area contributed by atoms with Crippen molar-refractivity contribution >= 4 is 11.8 Å². The number of carbonyl (C=O) groups is 2. The van der Waals surface area contributed by atoms with E-state index in [0.29, 0.717) is 6.54 Å². The number of carbonyl (C=O) groups excluding carboxylic acids is 2. The minimum absolute atomic E-state index is 0.0466. The molecule has 1 saturated heterocycles. The molecule has 0 spiro atoms. The predicted molar refractivity (Wildman–Crippen MR) is 101 cm³/mol. The maximum atomic E-state index is 13.0. The van der Waals surface area contributed by atoms with E-state index in [-0.39, 0.29) is 31.1 Å². The van der Waals surface area contributed by atoms with Gasteiger partial charge in [-0.15, -0.1) is 0 Å². The largest absolute Gasteiger partial charge is 0.392 e. The normalized spacial score (nSPS) is 22.2. The van der Waals surface area contributed by atoms with Crippen molar-refractivity contribution in [1.29, 1.82) is 0 Å². The summed E-state index contributed by atoms with van der Waals surface area (Å²) in [7, 11) is 0. The van der Waals surface area contributed by atoms with Crippen LogP contribution in [0.15, 0.2) is 48.8 Å². The lowest BCUT2D eigenvalue weighted by molar-refractivity contribution is -0.165. The molecule has 146 valence electrons. The molecule has 28 heavy (non-hydrogen) atoms. The number of nitrogens with one attached hydrogen (secondary N) is 1. The quantitative estimate of drug-likeness (QED) is 0.788. The van der Waals surface area contributed by atoms with E-state index in [9.17, 15) is 14.7 Å². The highest BCUT2D eigenvalue weighted by atomic mass is 16.5. The Kier molecular flexibility index (Phi) is 5.36. The van der Waals surface area contributed by atoms with E-state index in [4.69, 9.17) is 4.74 Å². The average Bonchev–Trinajstić information content (AvgIpc) is 3.57. The van der Waals surface area contributed by atoms with E-state index in [2.05, 4.69) is 10.3 Å². The van der Waals surface area contributed by atoms with Gasteiger partial charge in [0.1, 0.15) is 6.61 Å². The zero-order valence-electron chi connectivity index (χ0n) is 15.5. The maximum absolute atomic E-state index is 13.0. The van der Waals surface area contributed by atoms with E-state index in [1.54, 1.807) is 23.4 Å². The summed E-state index contributed by atoms with van der Waals surface area (Å²) in [5, 5.41) is 12.2. The molecule has 4 rings (SSSR count). The van der Waals surface area contributed by atoms with Crippen LogP contribution in [-0.2, 0) is 27.5 Å². The lowest BCUT2D eigenvalue weighted by atomic mass is 9.98. The van der Waals surface area contributed by atoms with Crippen molar-refractivity contribution in [3.8, 4) is 0 Å². The van der Waals surface area contributed by atoms with Crippen molar-refractivity contribution in [3.05, 3.63) is 65.5 Å². The van der Waals surface area contributed by atoms with Crippen molar-refractivity contribution < 1.29 is 19.4 Å². The van der Waals surface area contributed by atoms with E-state index in [1.807, 2.05) is 30.3 Å². The highest BCUT2D eigenvalue weighted by Gasteiger charge is 2.47. The van der Waals surface area contributed by atoms with Crippen molar-refractivity contribution in [2.75, 3.05) is 6.61 Å². The second-order valence-corrected chi connectivity index (χ2v) is 7.19. The Labute approximate surface area is 163 Å². The standard InChI is InChI=1S/C21H23N3O4/c25-12-15-4-1-3-14(9-15)10-23-21(27)20-19(16-5-2-8-22-11-16)24(17-6-7-17)18(26)13-28-20/h1-5,8-9,11,17,19-20,25H,6-7,10,12-13H2,(H,23,27)/t19-,20+/m1/s1. The molecule has 2 aliphatic rings. The molecular formula is C21H23N3O4. The van der Waals surface area contributed by atoms with E-state index < -0.39 is 12.1 Å². The molecule has 1 aliphatic carbocycles. The Morgan fingerprint density at radius 3 is 2.79 bits per heavy atom. The zero-order chi connectivity index (χ0) is 19.5. The minimum atomic E-state index is -0.788. The summed E-state index contributed by atoms with van der Waals surface area (Å²) >= 11 is 0. The monoisotopic (exact) mass is 381 g/mol. The Hall–Kier alpha value is -2.77. The van der Waals surface area contributed by atoms with Crippen LogP contribution in [0.25, 0.3) is 0 Å². The van der Waals surface area contributed by atoms with Crippen LogP contribution < -0.4 is 5.32 Å². The third-order valence-corrected chi connectivity index (χ3v) is 5.13. The number of aromatic nitrogens is 1. The number of aliphatic hydroxyl groups excluding tert-OH is 1. The molecule has 0 bridgehead atoms. The minimum Gasteiger partial charge on any atom is -0.392 e. The number of ether oxygens (including phenoxy) is 1. The first-order valence-electron chi connectivity index (χ1n) is 9.46. The van der Waals surface area contributed by atoms with Gasteiger partial charge in [-0.1, -0.05) is 30.3 Å². The van der Waals surface area contributed by atoms with Gasteiger partial charge in [0.25, 0.3) is 5.91 Å². The van der Waals surface area contributed by atoms with Crippen molar-refractivity contribution in [2.24, 2.45) is 0 Å². The van der Waals surface area contributed by atoms with Gasteiger partial charge in [0.05, 0.1) is 12.6 Å². The fourth-order valence-electron chi connectivity index (χ4n) is 3.64. The van der Waals surface area contributed by atoms with E-state index in [0.717, 1.165) is 29.5 Å². The summed E-state index contributed by atoms with van der Waals surface area (Å²) in [6.45, 7) is 0.185. The maximum Gasteiger partial charge on any atom is 0.251 e. The molecule has 2 atom stereocenters. The number of pyridine rings is 1. The van der Waals surface area contributed by atoms with Gasteiger partial charge in [-0.3, -0.25) is 14.6 Å². The molecule has 7 nitrogen and oxygen atoms in total. The number of hydrogen-bond acceptors (Lipinski definition) is 5. The number of amides is 2. The van der Waals surface area contributed by atoms with Crippen LogP contribution in [0.4, 0.5) is 0 Å². The predicted octanol–water partition coefficient (Wildman–Crippen LogP) is 1.32. The molecule has 1 aromatic carbocycles. The van der Waals surface area contributed by atoms with Crippen LogP contribution in [0, 0.1) is 0 Å². The number of aliphatic hydroxyl groups is 1. The van der Waals surface area contributed by atoms with E-state index in [1.165, 1.54) is 0 Å². The van der Waals surface area contributed by atoms with Gasteiger partial charge >= 0.3 is 0 Å². The molecule has 0 unspecified atom stereocenters. The van der Waals surface area contributed by atoms with Crippen molar-refractivity contribution in [1.82, 2.24) is 15.2 Å². The number of benzene rings is 1. The third-order valence-electron chi connectivity index (χ3n) is 5.13. The summed E-state index contributed by atoms with van der Waals surface area (Å²) in [4.78, 5) is 31.4. The second-order valence-electron chi connectivity index (χ2n) is 7.19. The highest BCUT2D eigenvalue weighted by molar-refractivity contribution is 5.86. The fourth-order valence-corrected chi connectivity index (χ4v) is 3.64. The van der Waals surface area contributed by atoms with Crippen LogP contribution >= 0.6 is 0 Å². The Morgan fingerprint density at radius 1 is 1.25 bits per heavy atom. The highest BCUT2D eigenvalue weighted by Crippen LogP contribution is 2.39. The summed E-state index contributed by atoms with van der Waals surface area (Å²) < 4.78 is 5.69. The van der Waals surface area contributed by atoms with E-state index >= 15 is 0 Å². The number of rotatable bonds is 6. The molecule has 2 N–H and O–H groups in total. The molecule has 2 aromatic rings. The third kappa shape index (κ3) is 3.90. The fraction of sp³-hybridized carbons (Fsp3) is 0.381. The first-order chi connectivity index (χ1) is 13.7. The molecule has 1 aromatic heterocycles. The summed E-state index contributed by atoms with van der Waals surface area (Å²) in [6, 6.07) is 10.8. The smallest absolute Gasteiger partial charge is 0.251 e. The number of nitrogens with zero attached hydrogens (tertiary/aromatic N) is 2. The second kappa shape index (κ2) is 8.08. The van der Waals surface area contributed by atoms with Crippen LogP contribution in [0.2, 0.25) is 0 Å². The van der Waals surface area contributed by atoms with Gasteiger partial charge in [0, 0.05) is 25.0 Å². The van der Waals surface area contributed by atoms with Gasteiger partial charge < -0.3 is 20.1 Å². The van der Waals surface area contributed by atoms with Crippen molar-refractivity contribution in [2.45, 2.75) is 44.2 Å². The van der Waals surface area contributed by atoms with Gasteiger partial charge in [-0.05, 0) is 35.6 Å². The summed E-state index contributed by atoms with van der Waals surface area (Å²) in [5.41, 5.74) is 2.48. The van der Waals surface area contributed by atoms with Crippen LogP contribution in [-0.4, -0.2) is 45.6 Å².